The van der Waals surface area contributed by atoms with Gasteiger partial charge in [0.2, 0.25) is 0 Å². The molecule has 0 saturated carbocycles. The van der Waals surface area contributed by atoms with Gasteiger partial charge in [-0.05, 0) is 18.2 Å². The fourth-order valence-corrected chi connectivity index (χ4v) is 3.88. The van der Waals surface area contributed by atoms with Gasteiger partial charge in [0.15, 0.2) is 5.60 Å². The molecule has 0 atom stereocenters. The lowest BCUT2D eigenvalue weighted by atomic mass is 9.77. The first-order valence-electron chi connectivity index (χ1n) is 8.17. The van der Waals surface area contributed by atoms with E-state index in [1.54, 1.807) is 7.05 Å². The van der Waals surface area contributed by atoms with Crippen molar-refractivity contribution in [2.24, 2.45) is 0 Å². The highest BCUT2D eigenvalue weighted by Gasteiger charge is 2.53. The summed E-state index contributed by atoms with van der Waals surface area (Å²) in [5.41, 5.74) is 2.89. The van der Waals surface area contributed by atoms with Gasteiger partial charge in [-0.25, -0.2) is 4.79 Å². The predicted molar refractivity (Wildman–Crippen MR) is 94.2 cm³/mol. The summed E-state index contributed by atoms with van der Waals surface area (Å²) in [7, 11) is 1.81. The Morgan fingerprint density at radius 3 is 2.04 bits per heavy atom. The zero-order valence-electron chi connectivity index (χ0n) is 13.6. The molecule has 1 N–H and O–H groups in total. The molecule has 0 aliphatic carbocycles. The number of fused-ring (bicyclic) bond motifs is 6. The van der Waals surface area contributed by atoms with Crippen molar-refractivity contribution < 1.29 is 14.3 Å². The smallest absolute Gasteiger partial charge is 0.342 e. The van der Waals surface area contributed by atoms with E-state index in [1.165, 1.54) is 0 Å². The molecule has 5 rings (SSSR count). The van der Waals surface area contributed by atoms with E-state index in [2.05, 4.69) is 5.32 Å². The number of nitrogens with one attached hydrogen (secondary N) is 1. The second-order valence-corrected chi connectivity index (χ2v) is 6.14. The monoisotopic (exact) mass is 329 g/mol. The van der Waals surface area contributed by atoms with Gasteiger partial charge in [-0.15, -0.1) is 0 Å². The van der Waals surface area contributed by atoms with Crippen LogP contribution in [-0.2, 0) is 10.3 Å². The first kappa shape index (κ1) is 14.1. The fourth-order valence-electron chi connectivity index (χ4n) is 3.88. The van der Waals surface area contributed by atoms with Gasteiger partial charge in [0.1, 0.15) is 11.5 Å². The number of benzene rings is 3. The van der Waals surface area contributed by atoms with E-state index in [9.17, 15) is 4.79 Å². The van der Waals surface area contributed by atoms with Crippen LogP contribution in [0.15, 0.2) is 66.7 Å². The Morgan fingerprint density at radius 1 is 0.800 bits per heavy atom. The lowest BCUT2D eigenvalue weighted by molar-refractivity contribution is 0.0225. The largest absolute Gasteiger partial charge is 0.456 e. The van der Waals surface area contributed by atoms with Crippen LogP contribution in [0.3, 0.4) is 0 Å². The zero-order valence-corrected chi connectivity index (χ0v) is 13.6. The normalized spacial score (nSPS) is 15.6. The molecular formula is C21H15NO3. The molecule has 0 fully saturated rings. The van der Waals surface area contributed by atoms with Gasteiger partial charge in [-0.3, -0.25) is 0 Å². The minimum absolute atomic E-state index is 0.327. The van der Waals surface area contributed by atoms with Crippen LogP contribution < -0.4 is 10.1 Å². The van der Waals surface area contributed by atoms with E-state index < -0.39 is 5.60 Å². The number of anilines is 1. The van der Waals surface area contributed by atoms with Crippen LogP contribution in [-0.4, -0.2) is 13.0 Å². The lowest BCUT2D eigenvalue weighted by Crippen LogP contribution is -2.32. The Morgan fingerprint density at radius 2 is 1.40 bits per heavy atom. The Hall–Kier alpha value is -3.27. The van der Waals surface area contributed by atoms with Crippen molar-refractivity contribution in [3.05, 3.63) is 89.0 Å². The van der Waals surface area contributed by atoms with E-state index >= 15 is 0 Å². The zero-order chi connectivity index (χ0) is 17.0. The number of hydrogen-bond acceptors (Lipinski definition) is 4. The summed E-state index contributed by atoms with van der Waals surface area (Å²) in [4.78, 5) is 12.8. The third kappa shape index (κ3) is 1.68. The number of esters is 1. The van der Waals surface area contributed by atoms with Crippen LogP contribution in [0.4, 0.5) is 5.69 Å². The van der Waals surface area contributed by atoms with Crippen molar-refractivity contribution >= 4 is 11.7 Å². The molecule has 4 heteroatoms. The Kier molecular flexibility index (Phi) is 2.74. The molecule has 122 valence electrons. The maximum atomic E-state index is 12.8. The minimum Gasteiger partial charge on any atom is -0.456 e. The molecule has 3 aromatic carbocycles. The summed E-state index contributed by atoms with van der Waals surface area (Å²) in [5, 5.41) is 3.10. The van der Waals surface area contributed by atoms with Crippen molar-refractivity contribution in [2.45, 2.75) is 5.60 Å². The number of para-hydroxylation sites is 2. The molecule has 2 heterocycles. The van der Waals surface area contributed by atoms with E-state index in [0.29, 0.717) is 17.1 Å². The molecule has 3 aromatic rings. The standard InChI is InChI=1S/C21H15NO3/c1-22-16-10-6-9-15-19(16)20(23)25-21(15)13-7-2-4-11-17(13)24-18-12-5-3-8-14(18)21/h2-12,22H,1H3. The maximum Gasteiger partial charge on any atom is 0.342 e. The molecule has 25 heavy (non-hydrogen) atoms. The molecule has 0 amide bonds. The third-order valence-electron chi connectivity index (χ3n) is 4.92. The fraction of sp³-hybridized carbons (Fsp3) is 0.0952. The summed E-state index contributed by atoms with van der Waals surface area (Å²) >= 11 is 0. The average Bonchev–Trinajstić information content (AvgIpc) is 2.96. The molecule has 0 saturated heterocycles. The van der Waals surface area contributed by atoms with Gasteiger partial charge in [-0.2, -0.15) is 0 Å². The van der Waals surface area contributed by atoms with Crippen molar-refractivity contribution in [2.75, 3.05) is 12.4 Å². The predicted octanol–water partition coefficient (Wildman–Crippen LogP) is 4.30. The number of ether oxygens (including phenoxy) is 2. The van der Waals surface area contributed by atoms with Crippen molar-refractivity contribution in [1.82, 2.24) is 0 Å². The number of carbonyl (C=O) groups excluding carboxylic acids is 1. The van der Waals surface area contributed by atoms with Gasteiger partial charge < -0.3 is 14.8 Å². The van der Waals surface area contributed by atoms with Gasteiger partial charge in [0.05, 0.1) is 5.56 Å². The molecule has 0 radical (unpaired) electrons. The van der Waals surface area contributed by atoms with Crippen LogP contribution in [0.2, 0.25) is 0 Å². The SMILES string of the molecule is CNc1cccc2c1C(=O)OC21c2ccccc2Oc2ccccc21. The van der Waals surface area contributed by atoms with E-state index in [0.717, 1.165) is 22.4 Å². The summed E-state index contributed by atoms with van der Waals surface area (Å²) < 4.78 is 12.2. The summed E-state index contributed by atoms with van der Waals surface area (Å²) in [6.07, 6.45) is 0. The Balaban J connectivity index is 1.92. The van der Waals surface area contributed by atoms with Crippen LogP contribution in [0.25, 0.3) is 0 Å². The topological polar surface area (TPSA) is 47.6 Å². The molecule has 0 unspecified atom stereocenters. The summed E-state index contributed by atoms with van der Waals surface area (Å²) in [6, 6.07) is 21.2. The third-order valence-corrected chi connectivity index (χ3v) is 4.92. The van der Waals surface area contributed by atoms with Crippen molar-refractivity contribution in [3.8, 4) is 11.5 Å². The van der Waals surface area contributed by atoms with Gasteiger partial charge in [-0.1, -0.05) is 48.5 Å². The highest BCUT2D eigenvalue weighted by Crippen LogP contribution is 2.56. The van der Waals surface area contributed by atoms with Gasteiger partial charge >= 0.3 is 5.97 Å². The van der Waals surface area contributed by atoms with E-state index in [1.807, 2.05) is 66.7 Å². The lowest BCUT2D eigenvalue weighted by Gasteiger charge is -2.36. The molecule has 2 aliphatic rings. The molecule has 1 spiro atoms. The molecule has 2 aliphatic heterocycles. The second kappa shape index (κ2) is 4.86. The number of hydrogen-bond donors (Lipinski definition) is 1. The van der Waals surface area contributed by atoms with Crippen molar-refractivity contribution in [3.63, 3.8) is 0 Å². The van der Waals surface area contributed by atoms with Crippen LogP contribution in [0.1, 0.15) is 27.0 Å². The summed E-state index contributed by atoms with van der Waals surface area (Å²) in [5.74, 6) is 1.08. The number of rotatable bonds is 1. The highest BCUT2D eigenvalue weighted by molar-refractivity contribution is 6.02. The maximum absolute atomic E-state index is 12.8. The molecule has 4 nitrogen and oxygen atoms in total. The van der Waals surface area contributed by atoms with Crippen LogP contribution >= 0.6 is 0 Å². The minimum atomic E-state index is -0.981. The van der Waals surface area contributed by atoms with Crippen LogP contribution in [0.5, 0.6) is 11.5 Å². The van der Waals surface area contributed by atoms with Crippen molar-refractivity contribution in [1.29, 1.82) is 0 Å². The first-order chi connectivity index (χ1) is 12.3. The molecule has 0 aromatic heterocycles. The van der Waals surface area contributed by atoms with Gasteiger partial charge in [0.25, 0.3) is 0 Å². The Labute approximate surface area is 145 Å². The van der Waals surface area contributed by atoms with Gasteiger partial charge in [0, 0.05) is 29.4 Å². The quantitative estimate of drug-likeness (QED) is 0.676. The first-order valence-corrected chi connectivity index (χ1v) is 8.17. The van der Waals surface area contributed by atoms with Crippen LogP contribution in [0, 0.1) is 0 Å². The summed E-state index contributed by atoms with van der Waals surface area (Å²) in [6.45, 7) is 0. The Bertz CT molecular complexity index is 980. The van der Waals surface area contributed by atoms with E-state index in [4.69, 9.17) is 9.47 Å². The second-order valence-electron chi connectivity index (χ2n) is 6.14. The van der Waals surface area contributed by atoms with E-state index in [-0.39, 0.29) is 5.97 Å². The molecular weight excluding hydrogens is 314 g/mol. The highest BCUT2D eigenvalue weighted by atomic mass is 16.6. The average molecular weight is 329 g/mol. The molecule has 0 bridgehead atoms. The number of carbonyl (C=O) groups is 1.